The molecule has 0 aliphatic heterocycles. The number of nitrogens with zero attached hydrogens (tertiary/aromatic N) is 1. The normalized spacial score (nSPS) is 10.7. The number of amides is 1. The van der Waals surface area contributed by atoms with Gasteiger partial charge in [-0.15, -0.1) is 0 Å². The van der Waals surface area contributed by atoms with E-state index < -0.39 is 0 Å². The zero-order valence-electron chi connectivity index (χ0n) is 11.2. The SMILES string of the molecule is CCCN(CCO)CC(=O)NCc1ccccc1Cl. The molecule has 0 aliphatic rings. The van der Waals surface area contributed by atoms with Crippen molar-refractivity contribution in [1.29, 1.82) is 0 Å². The maximum Gasteiger partial charge on any atom is 0.234 e. The number of carbonyl (C=O) groups is 1. The van der Waals surface area contributed by atoms with Crippen molar-refractivity contribution in [2.24, 2.45) is 0 Å². The summed E-state index contributed by atoms with van der Waals surface area (Å²) in [5.41, 5.74) is 0.904. The van der Waals surface area contributed by atoms with Crippen LogP contribution in [0.15, 0.2) is 24.3 Å². The number of aliphatic hydroxyl groups excluding tert-OH is 1. The smallest absolute Gasteiger partial charge is 0.234 e. The molecule has 0 fully saturated rings. The van der Waals surface area contributed by atoms with Gasteiger partial charge in [0.2, 0.25) is 5.91 Å². The largest absolute Gasteiger partial charge is 0.395 e. The lowest BCUT2D eigenvalue weighted by molar-refractivity contribution is -0.122. The zero-order chi connectivity index (χ0) is 14.1. The van der Waals surface area contributed by atoms with Crippen molar-refractivity contribution in [2.75, 3.05) is 26.2 Å². The summed E-state index contributed by atoms with van der Waals surface area (Å²) in [5.74, 6) is -0.0539. The summed E-state index contributed by atoms with van der Waals surface area (Å²) >= 11 is 6.02. The third kappa shape index (κ3) is 6.05. The zero-order valence-corrected chi connectivity index (χ0v) is 12.0. The molecule has 0 saturated carbocycles. The van der Waals surface area contributed by atoms with Crippen LogP contribution < -0.4 is 5.32 Å². The number of hydrogen-bond donors (Lipinski definition) is 2. The predicted molar refractivity (Wildman–Crippen MR) is 77.1 cm³/mol. The van der Waals surface area contributed by atoms with Crippen LogP contribution in [-0.2, 0) is 11.3 Å². The number of halogens is 1. The molecule has 0 aromatic heterocycles. The van der Waals surface area contributed by atoms with Crippen LogP contribution in [0.3, 0.4) is 0 Å². The monoisotopic (exact) mass is 284 g/mol. The number of aliphatic hydroxyl groups is 1. The van der Waals surface area contributed by atoms with E-state index in [1.807, 2.05) is 30.0 Å². The maximum absolute atomic E-state index is 11.8. The van der Waals surface area contributed by atoms with Crippen LogP contribution in [0.2, 0.25) is 5.02 Å². The van der Waals surface area contributed by atoms with Crippen LogP contribution in [0.25, 0.3) is 0 Å². The summed E-state index contributed by atoms with van der Waals surface area (Å²) < 4.78 is 0. The molecule has 1 aromatic carbocycles. The summed E-state index contributed by atoms with van der Waals surface area (Å²) in [6.45, 7) is 4.17. The Morgan fingerprint density at radius 1 is 1.37 bits per heavy atom. The number of hydrogen-bond acceptors (Lipinski definition) is 3. The fourth-order valence-electron chi connectivity index (χ4n) is 1.82. The minimum atomic E-state index is -0.0539. The molecule has 19 heavy (non-hydrogen) atoms. The highest BCUT2D eigenvalue weighted by molar-refractivity contribution is 6.31. The highest BCUT2D eigenvalue weighted by Crippen LogP contribution is 2.14. The third-order valence-electron chi connectivity index (χ3n) is 2.76. The topological polar surface area (TPSA) is 52.6 Å². The molecule has 0 spiro atoms. The lowest BCUT2D eigenvalue weighted by Gasteiger charge is -2.19. The molecule has 0 bridgehead atoms. The van der Waals surface area contributed by atoms with Crippen LogP contribution in [0.1, 0.15) is 18.9 Å². The van der Waals surface area contributed by atoms with E-state index in [9.17, 15) is 4.79 Å². The lowest BCUT2D eigenvalue weighted by atomic mass is 10.2. The molecular formula is C14H21ClN2O2. The number of rotatable bonds is 8. The molecule has 1 amide bonds. The van der Waals surface area contributed by atoms with Crippen molar-refractivity contribution in [3.63, 3.8) is 0 Å². The second kappa shape index (κ2) is 8.91. The molecule has 0 heterocycles. The van der Waals surface area contributed by atoms with Crippen LogP contribution in [-0.4, -0.2) is 42.2 Å². The van der Waals surface area contributed by atoms with E-state index in [1.54, 1.807) is 6.07 Å². The van der Waals surface area contributed by atoms with Gasteiger partial charge in [-0.1, -0.05) is 36.7 Å². The Bertz CT molecular complexity index is 393. The fraction of sp³-hybridized carbons (Fsp3) is 0.500. The van der Waals surface area contributed by atoms with E-state index in [0.29, 0.717) is 24.7 Å². The lowest BCUT2D eigenvalue weighted by Crippen LogP contribution is -2.38. The molecule has 0 atom stereocenters. The standard InChI is InChI=1S/C14H21ClN2O2/c1-2-7-17(8-9-18)11-14(19)16-10-12-5-3-4-6-13(12)15/h3-6,18H,2,7-11H2,1H3,(H,16,19). The molecule has 5 heteroatoms. The quantitative estimate of drug-likeness (QED) is 0.763. The van der Waals surface area contributed by atoms with Gasteiger partial charge < -0.3 is 10.4 Å². The predicted octanol–water partition coefficient (Wildman–Crippen LogP) is 1.66. The van der Waals surface area contributed by atoms with Crippen LogP contribution in [0.4, 0.5) is 0 Å². The Balaban J connectivity index is 2.40. The Labute approximate surface area is 119 Å². The molecule has 4 nitrogen and oxygen atoms in total. The molecule has 1 aromatic rings. The first-order valence-electron chi connectivity index (χ1n) is 6.50. The second-order valence-corrected chi connectivity index (χ2v) is 4.78. The Morgan fingerprint density at radius 3 is 2.74 bits per heavy atom. The average Bonchev–Trinajstić information content (AvgIpc) is 2.38. The van der Waals surface area contributed by atoms with Gasteiger partial charge in [-0.25, -0.2) is 0 Å². The van der Waals surface area contributed by atoms with E-state index in [4.69, 9.17) is 16.7 Å². The molecule has 0 radical (unpaired) electrons. The summed E-state index contributed by atoms with van der Waals surface area (Å²) in [6.07, 6.45) is 0.956. The first kappa shape index (κ1) is 16.0. The van der Waals surface area contributed by atoms with Crippen molar-refractivity contribution in [2.45, 2.75) is 19.9 Å². The Hall–Kier alpha value is -1.10. The van der Waals surface area contributed by atoms with Crippen molar-refractivity contribution in [3.05, 3.63) is 34.9 Å². The van der Waals surface area contributed by atoms with Gasteiger partial charge in [-0.2, -0.15) is 0 Å². The van der Waals surface area contributed by atoms with Crippen molar-refractivity contribution < 1.29 is 9.90 Å². The molecular weight excluding hydrogens is 264 g/mol. The molecule has 0 aliphatic carbocycles. The van der Waals surface area contributed by atoms with Gasteiger partial charge in [0.05, 0.1) is 13.2 Å². The van der Waals surface area contributed by atoms with Gasteiger partial charge in [0.15, 0.2) is 0 Å². The van der Waals surface area contributed by atoms with Crippen LogP contribution in [0, 0.1) is 0 Å². The molecule has 1 rings (SSSR count). The second-order valence-electron chi connectivity index (χ2n) is 4.37. The summed E-state index contributed by atoms with van der Waals surface area (Å²) in [5, 5.41) is 12.4. The first-order valence-corrected chi connectivity index (χ1v) is 6.88. The van der Waals surface area contributed by atoms with Crippen molar-refractivity contribution in [3.8, 4) is 0 Å². The maximum atomic E-state index is 11.8. The van der Waals surface area contributed by atoms with E-state index in [0.717, 1.165) is 18.5 Å². The number of benzene rings is 1. The summed E-state index contributed by atoms with van der Waals surface area (Å²) in [4.78, 5) is 13.7. The van der Waals surface area contributed by atoms with E-state index >= 15 is 0 Å². The molecule has 2 N–H and O–H groups in total. The highest BCUT2D eigenvalue weighted by Gasteiger charge is 2.09. The minimum Gasteiger partial charge on any atom is -0.395 e. The van der Waals surface area contributed by atoms with Gasteiger partial charge in [-0.3, -0.25) is 9.69 Å². The summed E-state index contributed by atoms with van der Waals surface area (Å²) in [6, 6.07) is 7.44. The van der Waals surface area contributed by atoms with E-state index in [1.165, 1.54) is 0 Å². The number of nitrogens with one attached hydrogen (secondary N) is 1. The molecule has 0 saturated heterocycles. The molecule has 0 unspecified atom stereocenters. The van der Waals surface area contributed by atoms with Gasteiger partial charge >= 0.3 is 0 Å². The van der Waals surface area contributed by atoms with Crippen molar-refractivity contribution >= 4 is 17.5 Å². The van der Waals surface area contributed by atoms with Gasteiger partial charge in [0.25, 0.3) is 0 Å². The highest BCUT2D eigenvalue weighted by atomic mass is 35.5. The fourth-order valence-corrected chi connectivity index (χ4v) is 2.02. The van der Waals surface area contributed by atoms with E-state index in [-0.39, 0.29) is 12.5 Å². The third-order valence-corrected chi connectivity index (χ3v) is 3.13. The van der Waals surface area contributed by atoms with Crippen LogP contribution >= 0.6 is 11.6 Å². The van der Waals surface area contributed by atoms with Gasteiger partial charge in [0.1, 0.15) is 0 Å². The van der Waals surface area contributed by atoms with Gasteiger partial charge in [-0.05, 0) is 24.6 Å². The molecule has 106 valence electrons. The minimum absolute atomic E-state index is 0.0539. The van der Waals surface area contributed by atoms with Crippen molar-refractivity contribution in [1.82, 2.24) is 10.2 Å². The average molecular weight is 285 g/mol. The van der Waals surface area contributed by atoms with Crippen LogP contribution in [0.5, 0.6) is 0 Å². The Kier molecular flexibility index (Phi) is 7.48. The van der Waals surface area contributed by atoms with E-state index in [2.05, 4.69) is 5.32 Å². The first-order chi connectivity index (χ1) is 9.17. The number of carbonyl (C=O) groups excluding carboxylic acids is 1. The summed E-state index contributed by atoms with van der Waals surface area (Å²) in [7, 11) is 0. The Morgan fingerprint density at radius 2 is 2.11 bits per heavy atom. The van der Waals surface area contributed by atoms with Gasteiger partial charge in [0, 0.05) is 18.1 Å².